The molecular weight excluding hydrogens is 407 g/mol. The van der Waals surface area contributed by atoms with Gasteiger partial charge in [-0.1, -0.05) is 10.3 Å². The molecule has 0 heterocycles. The Hall–Kier alpha value is -1.46. The summed E-state index contributed by atoms with van der Waals surface area (Å²) < 4.78 is 69.8. The number of amides is 1. The molecule has 0 spiro atoms. The van der Waals surface area contributed by atoms with Gasteiger partial charge in [0.2, 0.25) is 0 Å². The normalized spacial score (nSPS) is 13.7. The molecule has 0 atom stereocenters. The molecule has 0 fully saturated rings. The standard InChI is InChI=1S/C16H24F3NO5S2/c1-11(2)20(12(3)4)15(21)24-13-7-9-14(10-8-13)26(5,6)25-27(22,23)16(17,18)19/h7-12H,1-6H3. The van der Waals surface area contributed by atoms with Gasteiger partial charge in [0.05, 0.1) is 0 Å². The van der Waals surface area contributed by atoms with Gasteiger partial charge < -0.3 is 9.64 Å². The van der Waals surface area contributed by atoms with Crippen LogP contribution < -0.4 is 4.74 Å². The second-order valence-electron chi connectivity index (χ2n) is 6.64. The van der Waals surface area contributed by atoms with Gasteiger partial charge in [0.1, 0.15) is 5.75 Å². The van der Waals surface area contributed by atoms with Crippen LogP contribution in [0.2, 0.25) is 0 Å². The van der Waals surface area contributed by atoms with Crippen LogP contribution in [0.1, 0.15) is 27.7 Å². The van der Waals surface area contributed by atoms with Crippen LogP contribution in [0.5, 0.6) is 5.75 Å². The second-order valence-corrected chi connectivity index (χ2v) is 11.5. The molecule has 0 saturated carbocycles. The molecule has 0 N–H and O–H groups in total. The van der Waals surface area contributed by atoms with Crippen molar-refractivity contribution in [3.8, 4) is 5.75 Å². The number of rotatable bonds is 6. The lowest BCUT2D eigenvalue weighted by Crippen LogP contribution is -2.43. The highest BCUT2D eigenvalue weighted by Gasteiger charge is 2.49. The molecule has 0 aliphatic carbocycles. The summed E-state index contributed by atoms with van der Waals surface area (Å²) >= 11 is 0. The summed E-state index contributed by atoms with van der Waals surface area (Å²) in [6.07, 6.45) is 1.99. The van der Waals surface area contributed by atoms with Gasteiger partial charge >= 0.3 is 21.7 Å². The van der Waals surface area contributed by atoms with E-state index in [1.807, 2.05) is 27.7 Å². The van der Waals surface area contributed by atoms with E-state index in [-0.39, 0.29) is 22.7 Å². The molecule has 0 saturated heterocycles. The summed E-state index contributed by atoms with van der Waals surface area (Å²) in [6, 6.07) is 5.34. The summed E-state index contributed by atoms with van der Waals surface area (Å²) in [5, 5.41) is 0. The first-order chi connectivity index (χ1) is 12.1. The zero-order valence-corrected chi connectivity index (χ0v) is 17.5. The molecule has 0 aromatic heterocycles. The highest BCUT2D eigenvalue weighted by atomic mass is 32.3. The third-order valence-corrected chi connectivity index (χ3v) is 7.51. The molecule has 11 heteroatoms. The van der Waals surface area contributed by atoms with E-state index >= 15 is 0 Å². The molecule has 6 nitrogen and oxygen atoms in total. The van der Waals surface area contributed by atoms with Gasteiger partial charge in [-0.25, -0.2) is 8.42 Å². The zero-order chi connectivity index (χ0) is 21.2. The van der Waals surface area contributed by atoms with Crippen LogP contribution >= 0.6 is 10.3 Å². The number of benzene rings is 1. The van der Waals surface area contributed by atoms with E-state index in [4.69, 9.17) is 4.74 Å². The minimum absolute atomic E-state index is 0.0823. The van der Waals surface area contributed by atoms with Crippen LogP contribution in [0.25, 0.3) is 0 Å². The highest BCUT2D eigenvalue weighted by molar-refractivity contribution is 8.32. The third-order valence-electron chi connectivity index (χ3n) is 3.46. The van der Waals surface area contributed by atoms with Crippen molar-refractivity contribution in [3.63, 3.8) is 0 Å². The van der Waals surface area contributed by atoms with Crippen molar-refractivity contribution in [1.29, 1.82) is 0 Å². The van der Waals surface area contributed by atoms with E-state index in [0.717, 1.165) is 0 Å². The molecule has 0 aliphatic heterocycles. The Morgan fingerprint density at radius 1 is 1.00 bits per heavy atom. The SMILES string of the molecule is CC(C)N(C(=O)Oc1ccc(S(C)(C)OS(=O)(=O)C(F)(F)F)cc1)C(C)C. The maximum Gasteiger partial charge on any atom is 0.523 e. The monoisotopic (exact) mass is 431 g/mol. The van der Waals surface area contributed by atoms with Gasteiger partial charge in [0.15, 0.2) is 0 Å². The smallest absolute Gasteiger partial charge is 0.410 e. The number of carbonyl (C=O) groups excluding carboxylic acids is 1. The molecule has 156 valence electrons. The molecule has 1 aromatic rings. The Bertz CT molecular complexity index is 751. The lowest BCUT2D eigenvalue weighted by molar-refractivity contribution is -0.0496. The van der Waals surface area contributed by atoms with Crippen molar-refractivity contribution < 1.29 is 34.7 Å². The van der Waals surface area contributed by atoms with Gasteiger partial charge in [0.25, 0.3) is 0 Å². The largest absolute Gasteiger partial charge is 0.523 e. The predicted molar refractivity (Wildman–Crippen MR) is 98.3 cm³/mol. The van der Waals surface area contributed by atoms with Gasteiger partial charge in [-0.15, -0.1) is 0 Å². The number of alkyl halides is 3. The Kier molecular flexibility index (Phi) is 7.23. The second kappa shape index (κ2) is 8.27. The number of carbonyl (C=O) groups is 1. The van der Waals surface area contributed by atoms with Crippen molar-refractivity contribution in [1.82, 2.24) is 4.90 Å². The molecule has 0 aliphatic rings. The van der Waals surface area contributed by atoms with Crippen molar-refractivity contribution in [2.24, 2.45) is 0 Å². The maximum absolute atomic E-state index is 12.5. The predicted octanol–water partition coefficient (Wildman–Crippen LogP) is 4.51. The van der Waals surface area contributed by atoms with E-state index in [9.17, 15) is 26.4 Å². The number of hydrogen-bond acceptors (Lipinski definition) is 5. The maximum atomic E-state index is 12.5. The summed E-state index contributed by atoms with van der Waals surface area (Å²) in [4.78, 5) is 14.0. The summed E-state index contributed by atoms with van der Waals surface area (Å²) in [6.45, 7) is 7.37. The first kappa shape index (κ1) is 23.6. The highest BCUT2D eigenvalue weighted by Crippen LogP contribution is 2.53. The quantitative estimate of drug-likeness (QED) is 0.620. The number of nitrogens with zero attached hydrogens (tertiary/aromatic N) is 1. The molecule has 1 amide bonds. The van der Waals surface area contributed by atoms with E-state index in [1.54, 1.807) is 0 Å². The Balaban J connectivity index is 2.97. The lowest BCUT2D eigenvalue weighted by Gasteiger charge is -2.31. The zero-order valence-electron chi connectivity index (χ0n) is 15.9. The van der Waals surface area contributed by atoms with Crippen LogP contribution in [0.15, 0.2) is 29.2 Å². The van der Waals surface area contributed by atoms with Gasteiger partial charge in [-0.05, 0) is 64.5 Å². The van der Waals surface area contributed by atoms with Crippen LogP contribution in [-0.2, 0) is 13.7 Å². The topological polar surface area (TPSA) is 72.9 Å². The van der Waals surface area contributed by atoms with Gasteiger partial charge in [-0.2, -0.15) is 21.6 Å². The fourth-order valence-electron chi connectivity index (χ4n) is 2.31. The fourth-order valence-corrected chi connectivity index (χ4v) is 5.51. The average molecular weight is 431 g/mol. The van der Waals surface area contributed by atoms with Crippen molar-refractivity contribution in [3.05, 3.63) is 24.3 Å². The molecule has 1 rings (SSSR count). The summed E-state index contributed by atoms with van der Waals surface area (Å²) in [7, 11) is -8.47. The van der Waals surface area contributed by atoms with E-state index in [2.05, 4.69) is 3.63 Å². The molecule has 0 bridgehead atoms. The lowest BCUT2D eigenvalue weighted by atomic mass is 10.2. The minimum Gasteiger partial charge on any atom is -0.410 e. The summed E-state index contributed by atoms with van der Waals surface area (Å²) in [5.74, 6) is 0.184. The van der Waals surface area contributed by atoms with Crippen molar-refractivity contribution in [2.45, 2.75) is 50.2 Å². The van der Waals surface area contributed by atoms with Crippen molar-refractivity contribution in [2.75, 3.05) is 12.5 Å². The first-order valence-electron chi connectivity index (χ1n) is 7.94. The first-order valence-corrected chi connectivity index (χ1v) is 11.7. The van der Waals surface area contributed by atoms with Gasteiger partial charge in [-0.3, -0.25) is 0 Å². The van der Waals surface area contributed by atoms with Crippen LogP contribution in [-0.4, -0.2) is 49.5 Å². The molecule has 1 aromatic carbocycles. The molecule has 0 unspecified atom stereocenters. The Morgan fingerprint density at radius 3 is 1.81 bits per heavy atom. The molecule has 0 radical (unpaired) electrons. The van der Waals surface area contributed by atoms with E-state index in [0.29, 0.717) is 0 Å². The molecule has 27 heavy (non-hydrogen) atoms. The van der Waals surface area contributed by atoms with Crippen LogP contribution in [0.4, 0.5) is 18.0 Å². The number of ether oxygens (including phenoxy) is 1. The van der Waals surface area contributed by atoms with E-state index < -0.39 is 32.0 Å². The van der Waals surface area contributed by atoms with E-state index in [1.165, 1.54) is 41.7 Å². The third kappa shape index (κ3) is 6.01. The fraction of sp³-hybridized carbons (Fsp3) is 0.562. The number of halogens is 3. The van der Waals surface area contributed by atoms with Gasteiger partial charge in [0, 0.05) is 17.0 Å². The summed E-state index contributed by atoms with van der Waals surface area (Å²) in [5.41, 5.74) is -5.50. The number of hydrogen-bond donors (Lipinski definition) is 0. The van der Waals surface area contributed by atoms with Crippen molar-refractivity contribution >= 4 is 26.5 Å². The average Bonchev–Trinajstić information content (AvgIpc) is 2.44. The minimum atomic E-state index is -5.72. The van der Waals surface area contributed by atoms with Crippen LogP contribution in [0, 0.1) is 0 Å². The van der Waals surface area contributed by atoms with Crippen LogP contribution in [0.3, 0.4) is 0 Å². The Morgan fingerprint density at radius 2 is 1.44 bits per heavy atom. The molecular formula is C16H24F3NO5S2. The Labute approximate surface area is 159 Å².